The van der Waals surface area contributed by atoms with Crippen molar-refractivity contribution in [2.24, 2.45) is 22.7 Å². The maximum Gasteiger partial charge on any atom is 0.392 e. The SMILES string of the molecule is CC1=CSC(=NC23CC4CC(CC(C4)C2)C3)[NH+]1C(P(=O)([O-])O)P(=O)(O)O. The molecule has 3 unspecified atom stereocenters. The van der Waals surface area contributed by atoms with Crippen LogP contribution >= 0.6 is 27.0 Å². The Bertz CT molecular complexity index is 715. The summed E-state index contributed by atoms with van der Waals surface area (Å²) in [6.45, 7) is 1.60. The second kappa shape index (κ2) is 6.26. The van der Waals surface area contributed by atoms with Crippen LogP contribution in [0.2, 0.25) is 0 Å². The number of thioether (sulfide) groups is 1. The first-order chi connectivity index (χ1) is 12.0. The van der Waals surface area contributed by atoms with E-state index in [-0.39, 0.29) is 10.4 Å². The molecule has 0 aromatic heterocycles. The van der Waals surface area contributed by atoms with Crippen LogP contribution in [0.4, 0.5) is 0 Å². The maximum atomic E-state index is 11.9. The standard InChI is InChI=1S/C15H24N2O6P2S/c1-9-8-26-13(17(9)14(24(18,19)20)25(21,22)23)16-15-5-10-2-11(6-15)4-12(3-10)7-15/h8,10-12,14H,2-7H2,1H3,(H2,18,19,20)(H2,21,22,23). The molecule has 0 spiro atoms. The highest BCUT2D eigenvalue weighted by Crippen LogP contribution is 2.58. The van der Waals surface area contributed by atoms with Crippen molar-refractivity contribution >= 4 is 32.1 Å². The van der Waals surface area contributed by atoms with E-state index in [9.17, 15) is 28.7 Å². The summed E-state index contributed by atoms with van der Waals surface area (Å²) in [4.78, 5) is 45.4. The topological polar surface area (TPSA) is 135 Å². The van der Waals surface area contributed by atoms with Gasteiger partial charge in [0.1, 0.15) is 5.70 Å². The van der Waals surface area contributed by atoms with Gasteiger partial charge in [-0.25, -0.2) is 9.89 Å². The molecule has 0 aromatic carbocycles. The van der Waals surface area contributed by atoms with Gasteiger partial charge in [-0.15, -0.1) is 0 Å². The van der Waals surface area contributed by atoms with Crippen molar-refractivity contribution in [1.82, 2.24) is 0 Å². The van der Waals surface area contributed by atoms with Gasteiger partial charge < -0.3 is 24.1 Å². The first kappa shape index (κ1) is 19.3. The largest absolute Gasteiger partial charge is 0.774 e. The van der Waals surface area contributed by atoms with E-state index in [4.69, 9.17) is 4.99 Å². The molecule has 3 atom stereocenters. The fourth-order valence-corrected chi connectivity index (χ4v) is 9.86. The van der Waals surface area contributed by atoms with Gasteiger partial charge in [0.2, 0.25) is 7.60 Å². The molecule has 1 heterocycles. The fraction of sp³-hybridized carbons (Fsp3) is 0.800. The minimum absolute atomic E-state index is 0.0279. The highest BCUT2D eigenvalue weighted by atomic mass is 32.2. The summed E-state index contributed by atoms with van der Waals surface area (Å²) in [6.07, 6.45) is 6.60. The molecule has 4 bridgehead atoms. The molecular formula is C15H24N2O6P2S. The Morgan fingerprint density at radius 2 is 1.69 bits per heavy atom. The van der Waals surface area contributed by atoms with Crippen LogP contribution in [0.25, 0.3) is 0 Å². The number of hydrogen-bond donors (Lipinski definition) is 4. The molecule has 26 heavy (non-hydrogen) atoms. The monoisotopic (exact) mass is 422 g/mol. The zero-order chi connectivity index (χ0) is 18.9. The van der Waals surface area contributed by atoms with E-state index in [2.05, 4.69) is 0 Å². The van der Waals surface area contributed by atoms with E-state index in [0.29, 0.717) is 28.6 Å². The summed E-state index contributed by atoms with van der Waals surface area (Å²) >= 11 is 1.20. The second-order valence-electron chi connectivity index (χ2n) is 8.42. The predicted octanol–water partition coefficient (Wildman–Crippen LogP) is 0.811. The number of quaternary nitrogens is 1. The van der Waals surface area contributed by atoms with Gasteiger partial charge in [0.15, 0.2) is 0 Å². The fourth-order valence-electron chi connectivity index (χ4n) is 5.78. The van der Waals surface area contributed by atoms with Crippen LogP contribution in [0.1, 0.15) is 45.4 Å². The summed E-state index contributed by atoms with van der Waals surface area (Å²) < 4.78 is 23.7. The van der Waals surface area contributed by atoms with Gasteiger partial charge in [-0.2, -0.15) is 0 Å². The van der Waals surface area contributed by atoms with E-state index in [1.54, 1.807) is 12.3 Å². The smallest absolute Gasteiger partial charge is 0.392 e. The van der Waals surface area contributed by atoms with Crippen molar-refractivity contribution in [2.75, 3.05) is 0 Å². The second-order valence-corrected chi connectivity index (χ2v) is 13.0. The molecule has 0 aromatic rings. The molecule has 0 saturated heterocycles. The summed E-state index contributed by atoms with van der Waals surface area (Å²) in [7, 11) is -10.4. The first-order valence-electron chi connectivity index (χ1n) is 8.86. The zero-order valence-corrected chi connectivity index (χ0v) is 17.1. The van der Waals surface area contributed by atoms with Crippen molar-refractivity contribution in [2.45, 2.75) is 56.5 Å². The lowest BCUT2D eigenvalue weighted by atomic mass is 9.53. The Kier molecular flexibility index (Phi) is 4.66. The van der Waals surface area contributed by atoms with E-state index in [1.807, 2.05) is 0 Å². The third-order valence-corrected chi connectivity index (χ3v) is 10.8. The molecule has 1 aliphatic heterocycles. The normalized spacial score (nSPS) is 44.2. The third kappa shape index (κ3) is 3.42. The number of allylic oxidation sites excluding steroid dienone is 1. The number of nitrogens with zero attached hydrogens (tertiary/aromatic N) is 1. The molecule has 5 rings (SSSR count). The van der Waals surface area contributed by atoms with Crippen LogP contribution in [-0.4, -0.2) is 30.9 Å². The van der Waals surface area contributed by atoms with E-state index in [0.717, 1.165) is 19.3 Å². The van der Waals surface area contributed by atoms with Crippen LogP contribution in [0.15, 0.2) is 16.1 Å². The lowest BCUT2D eigenvalue weighted by Gasteiger charge is -2.54. The van der Waals surface area contributed by atoms with Gasteiger partial charge in [0.25, 0.3) is 10.7 Å². The lowest BCUT2D eigenvalue weighted by Crippen LogP contribution is -3.14. The molecule has 8 nitrogen and oxygen atoms in total. The third-order valence-electron chi connectivity index (χ3n) is 6.23. The lowest BCUT2D eigenvalue weighted by molar-refractivity contribution is -0.759. The molecule has 5 aliphatic rings. The van der Waals surface area contributed by atoms with Crippen molar-refractivity contribution in [1.29, 1.82) is 0 Å². The Balaban J connectivity index is 1.71. The maximum absolute atomic E-state index is 11.9. The van der Waals surface area contributed by atoms with Crippen LogP contribution in [0, 0.1) is 17.8 Å². The predicted molar refractivity (Wildman–Crippen MR) is 96.3 cm³/mol. The minimum atomic E-state index is -5.29. The van der Waals surface area contributed by atoms with Crippen molar-refractivity contribution in [3.63, 3.8) is 0 Å². The average molecular weight is 422 g/mol. The summed E-state index contributed by atoms with van der Waals surface area (Å²) in [6, 6.07) is 0. The van der Waals surface area contributed by atoms with Crippen LogP contribution in [0.3, 0.4) is 0 Å². The van der Waals surface area contributed by atoms with Crippen molar-refractivity contribution < 1.29 is 33.6 Å². The van der Waals surface area contributed by atoms with E-state index in [1.165, 1.54) is 31.0 Å². The van der Waals surface area contributed by atoms with Crippen LogP contribution in [0.5, 0.6) is 0 Å². The summed E-state index contributed by atoms with van der Waals surface area (Å²) in [5.41, 5.74) is -2.05. The first-order valence-corrected chi connectivity index (χ1v) is 13.1. The van der Waals surface area contributed by atoms with E-state index < -0.39 is 20.7 Å². The quantitative estimate of drug-likeness (QED) is 0.493. The summed E-state index contributed by atoms with van der Waals surface area (Å²) in [5, 5.41) is 2.01. The van der Waals surface area contributed by atoms with Crippen molar-refractivity contribution in [3.05, 3.63) is 11.1 Å². The summed E-state index contributed by atoms with van der Waals surface area (Å²) in [5.74, 6) is 1.95. The Morgan fingerprint density at radius 1 is 1.19 bits per heavy atom. The average Bonchev–Trinajstić information content (AvgIpc) is 2.75. The number of rotatable bonds is 4. The molecular weight excluding hydrogens is 398 g/mol. The number of nitrogens with one attached hydrogen (secondary N) is 1. The molecule has 146 valence electrons. The van der Waals surface area contributed by atoms with E-state index >= 15 is 0 Å². The van der Waals surface area contributed by atoms with Gasteiger partial charge in [-0.3, -0.25) is 4.57 Å². The van der Waals surface area contributed by atoms with Gasteiger partial charge >= 0.3 is 7.60 Å². The molecule has 4 saturated carbocycles. The molecule has 4 N–H and O–H groups in total. The van der Waals surface area contributed by atoms with Gasteiger partial charge in [0.05, 0.1) is 5.54 Å². The Hall–Kier alpha value is 0.0200. The van der Waals surface area contributed by atoms with Crippen molar-refractivity contribution in [3.8, 4) is 0 Å². The Morgan fingerprint density at radius 3 is 2.12 bits per heavy atom. The van der Waals surface area contributed by atoms with Crippen LogP contribution < -0.4 is 9.79 Å². The number of hydrogen-bond acceptors (Lipinski definition) is 5. The molecule has 0 amide bonds. The highest BCUT2D eigenvalue weighted by molar-refractivity contribution is 8.16. The van der Waals surface area contributed by atoms with Crippen LogP contribution in [-0.2, 0) is 9.13 Å². The molecule has 0 radical (unpaired) electrons. The Labute approximate surface area is 156 Å². The number of amidine groups is 1. The number of aliphatic imine (C=N–C) groups is 1. The van der Waals surface area contributed by atoms with Gasteiger partial charge in [-0.1, -0.05) is 0 Å². The minimum Gasteiger partial charge on any atom is -0.774 e. The van der Waals surface area contributed by atoms with Gasteiger partial charge in [0, 0.05) is 12.3 Å². The van der Waals surface area contributed by atoms with Gasteiger partial charge in [-0.05, 0) is 68.0 Å². The molecule has 4 fully saturated rings. The zero-order valence-electron chi connectivity index (χ0n) is 14.4. The molecule has 11 heteroatoms. The highest BCUT2D eigenvalue weighted by Gasteiger charge is 2.55. The molecule has 4 aliphatic carbocycles.